The zero-order valence-electron chi connectivity index (χ0n) is 12.2. The van der Waals surface area contributed by atoms with Crippen molar-refractivity contribution in [1.82, 2.24) is 4.98 Å². The monoisotopic (exact) mass is 292 g/mol. The highest BCUT2D eigenvalue weighted by Crippen LogP contribution is 2.22. The number of hydrogen-bond donors (Lipinski definition) is 1. The Bertz CT molecular complexity index is 792. The zero-order chi connectivity index (χ0) is 15.4. The van der Waals surface area contributed by atoms with Gasteiger partial charge in [-0.05, 0) is 29.8 Å². The number of esters is 1. The molecule has 3 rings (SSSR count). The molecule has 2 aromatic carbocycles. The highest BCUT2D eigenvalue weighted by atomic mass is 16.5. The molecule has 1 heterocycles. The number of ether oxygens (including phenoxy) is 1. The molecule has 4 heteroatoms. The Balaban J connectivity index is 1.75. The van der Waals surface area contributed by atoms with E-state index in [0.717, 1.165) is 22.0 Å². The standard InChI is InChI=1S/C18H16N2O2/c1-22-18(21)14-7-5-13(6-8-14)11-20-17-4-2-3-15-12-19-10-9-16(15)17/h2-10,12,20H,11H2,1H3. The largest absolute Gasteiger partial charge is 0.465 e. The summed E-state index contributed by atoms with van der Waals surface area (Å²) < 4.78 is 4.69. The van der Waals surface area contributed by atoms with Crippen LogP contribution >= 0.6 is 0 Å². The Morgan fingerprint density at radius 1 is 1.14 bits per heavy atom. The Labute approximate surface area is 128 Å². The molecule has 0 aliphatic heterocycles. The molecule has 0 aliphatic rings. The fourth-order valence-corrected chi connectivity index (χ4v) is 2.35. The van der Waals surface area contributed by atoms with Crippen LogP contribution in [0.5, 0.6) is 0 Å². The molecule has 0 fully saturated rings. The molecule has 0 bridgehead atoms. The summed E-state index contributed by atoms with van der Waals surface area (Å²) in [5.74, 6) is -0.318. The van der Waals surface area contributed by atoms with E-state index in [2.05, 4.69) is 10.3 Å². The number of methoxy groups -OCH3 is 1. The molecule has 0 radical (unpaired) electrons. The van der Waals surface area contributed by atoms with E-state index in [1.807, 2.05) is 42.6 Å². The SMILES string of the molecule is COC(=O)c1ccc(CNc2cccc3cnccc23)cc1. The third-order valence-corrected chi connectivity index (χ3v) is 3.54. The molecular weight excluding hydrogens is 276 g/mol. The third-order valence-electron chi connectivity index (χ3n) is 3.54. The lowest BCUT2D eigenvalue weighted by Crippen LogP contribution is -2.03. The number of hydrogen-bond acceptors (Lipinski definition) is 4. The van der Waals surface area contributed by atoms with Gasteiger partial charge in [0.2, 0.25) is 0 Å². The van der Waals surface area contributed by atoms with Crippen molar-refractivity contribution in [2.24, 2.45) is 0 Å². The van der Waals surface area contributed by atoms with E-state index in [0.29, 0.717) is 12.1 Å². The number of aromatic nitrogens is 1. The lowest BCUT2D eigenvalue weighted by atomic mass is 10.1. The molecule has 0 saturated heterocycles. The first-order chi connectivity index (χ1) is 10.8. The van der Waals surface area contributed by atoms with Gasteiger partial charge in [0.05, 0.1) is 12.7 Å². The molecular formula is C18H16N2O2. The van der Waals surface area contributed by atoms with E-state index >= 15 is 0 Å². The van der Waals surface area contributed by atoms with Crippen molar-refractivity contribution in [2.75, 3.05) is 12.4 Å². The summed E-state index contributed by atoms with van der Waals surface area (Å²) in [4.78, 5) is 15.5. The topological polar surface area (TPSA) is 51.2 Å². The van der Waals surface area contributed by atoms with E-state index in [9.17, 15) is 4.79 Å². The second-order valence-electron chi connectivity index (χ2n) is 4.94. The van der Waals surface area contributed by atoms with Crippen molar-refractivity contribution >= 4 is 22.4 Å². The van der Waals surface area contributed by atoms with E-state index in [1.54, 1.807) is 18.3 Å². The number of carbonyl (C=O) groups is 1. The van der Waals surface area contributed by atoms with Gasteiger partial charge in [0.1, 0.15) is 0 Å². The summed E-state index contributed by atoms with van der Waals surface area (Å²) in [5.41, 5.74) is 2.72. The number of pyridine rings is 1. The smallest absolute Gasteiger partial charge is 0.337 e. The van der Waals surface area contributed by atoms with Gasteiger partial charge >= 0.3 is 5.97 Å². The van der Waals surface area contributed by atoms with Crippen LogP contribution in [0.4, 0.5) is 5.69 Å². The minimum Gasteiger partial charge on any atom is -0.465 e. The number of anilines is 1. The van der Waals surface area contributed by atoms with Gasteiger partial charge in [0, 0.05) is 35.4 Å². The molecule has 0 atom stereocenters. The van der Waals surface area contributed by atoms with Crippen molar-refractivity contribution < 1.29 is 9.53 Å². The molecule has 0 saturated carbocycles. The molecule has 22 heavy (non-hydrogen) atoms. The number of carbonyl (C=O) groups excluding carboxylic acids is 1. The molecule has 0 unspecified atom stereocenters. The number of nitrogens with one attached hydrogen (secondary N) is 1. The summed E-state index contributed by atoms with van der Waals surface area (Å²) in [5, 5.41) is 5.67. The molecule has 3 aromatic rings. The summed E-state index contributed by atoms with van der Waals surface area (Å²) in [6.45, 7) is 0.683. The van der Waals surface area contributed by atoms with Crippen molar-refractivity contribution in [1.29, 1.82) is 0 Å². The summed E-state index contributed by atoms with van der Waals surface area (Å²) in [7, 11) is 1.38. The van der Waals surface area contributed by atoms with Gasteiger partial charge in [0.15, 0.2) is 0 Å². The highest BCUT2D eigenvalue weighted by molar-refractivity contribution is 5.93. The quantitative estimate of drug-likeness (QED) is 0.746. The minimum absolute atomic E-state index is 0.318. The summed E-state index contributed by atoms with van der Waals surface area (Å²) in [6, 6.07) is 15.5. The number of fused-ring (bicyclic) bond motifs is 1. The average molecular weight is 292 g/mol. The minimum atomic E-state index is -0.318. The van der Waals surface area contributed by atoms with Crippen molar-refractivity contribution in [2.45, 2.75) is 6.54 Å². The number of benzene rings is 2. The molecule has 1 aromatic heterocycles. The van der Waals surface area contributed by atoms with Gasteiger partial charge in [-0.15, -0.1) is 0 Å². The van der Waals surface area contributed by atoms with Crippen molar-refractivity contribution in [3.8, 4) is 0 Å². The van der Waals surface area contributed by atoms with Crippen molar-refractivity contribution in [3.05, 3.63) is 72.1 Å². The van der Waals surface area contributed by atoms with Crippen LogP contribution in [0.25, 0.3) is 10.8 Å². The Morgan fingerprint density at radius 2 is 1.95 bits per heavy atom. The van der Waals surface area contributed by atoms with Crippen LogP contribution in [0.3, 0.4) is 0 Å². The van der Waals surface area contributed by atoms with Crippen LogP contribution < -0.4 is 5.32 Å². The molecule has 0 spiro atoms. The first-order valence-corrected chi connectivity index (χ1v) is 7.02. The van der Waals surface area contributed by atoms with Gasteiger partial charge < -0.3 is 10.1 Å². The molecule has 110 valence electrons. The first kappa shape index (κ1) is 14.1. The lowest BCUT2D eigenvalue weighted by Gasteiger charge is -2.10. The maximum absolute atomic E-state index is 11.4. The first-order valence-electron chi connectivity index (χ1n) is 7.02. The maximum atomic E-state index is 11.4. The van der Waals surface area contributed by atoms with E-state index in [1.165, 1.54) is 7.11 Å². The van der Waals surface area contributed by atoms with Gasteiger partial charge in [-0.25, -0.2) is 4.79 Å². The second-order valence-corrected chi connectivity index (χ2v) is 4.94. The van der Waals surface area contributed by atoms with Crippen LogP contribution in [-0.2, 0) is 11.3 Å². The van der Waals surface area contributed by atoms with Crippen LogP contribution in [-0.4, -0.2) is 18.1 Å². The number of nitrogens with zero attached hydrogens (tertiary/aromatic N) is 1. The third kappa shape index (κ3) is 2.91. The van der Waals surface area contributed by atoms with Crippen LogP contribution in [0.15, 0.2) is 60.9 Å². The highest BCUT2D eigenvalue weighted by Gasteiger charge is 2.05. The van der Waals surface area contributed by atoms with Gasteiger partial charge in [-0.2, -0.15) is 0 Å². The van der Waals surface area contributed by atoms with Gasteiger partial charge in [-0.3, -0.25) is 4.98 Å². The Kier molecular flexibility index (Phi) is 4.01. The molecule has 1 N–H and O–H groups in total. The number of rotatable bonds is 4. The van der Waals surface area contributed by atoms with Crippen molar-refractivity contribution in [3.63, 3.8) is 0 Å². The average Bonchev–Trinajstić information content (AvgIpc) is 2.59. The Morgan fingerprint density at radius 3 is 2.73 bits per heavy atom. The van der Waals surface area contributed by atoms with E-state index < -0.39 is 0 Å². The fourth-order valence-electron chi connectivity index (χ4n) is 2.35. The maximum Gasteiger partial charge on any atom is 0.337 e. The fraction of sp³-hybridized carbons (Fsp3) is 0.111. The predicted molar refractivity (Wildman–Crippen MR) is 86.9 cm³/mol. The van der Waals surface area contributed by atoms with E-state index in [4.69, 9.17) is 4.74 Å². The predicted octanol–water partition coefficient (Wildman–Crippen LogP) is 3.63. The zero-order valence-corrected chi connectivity index (χ0v) is 12.2. The van der Waals surface area contributed by atoms with Gasteiger partial charge in [-0.1, -0.05) is 24.3 Å². The molecule has 0 amide bonds. The van der Waals surface area contributed by atoms with Crippen LogP contribution in [0, 0.1) is 0 Å². The second kappa shape index (κ2) is 6.26. The van der Waals surface area contributed by atoms with Crippen LogP contribution in [0.2, 0.25) is 0 Å². The lowest BCUT2D eigenvalue weighted by molar-refractivity contribution is 0.0600. The van der Waals surface area contributed by atoms with Gasteiger partial charge in [0.25, 0.3) is 0 Å². The molecule has 0 aliphatic carbocycles. The van der Waals surface area contributed by atoms with E-state index in [-0.39, 0.29) is 5.97 Å². The van der Waals surface area contributed by atoms with Crippen LogP contribution in [0.1, 0.15) is 15.9 Å². The normalized spacial score (nSPS) is 10.4. The molecule has 4 nitrogen and oxygen atoms in total. The summed E-state index contributed by atoms with van der Waals surface area (Å²) >= 11 is 0. The summed E-state index contributed by atoms with van der Waals surface area (Å²) in [6.07, 6.45) is 3.64. The Hall–Kier alpha value is -2.88.